The van der Waals surface area contributed by atoms with E-state index in [1.165, 1.54) is 6.07 Å². The van der Waals surface area contributed by atoms with E-state index in [0.717, 1.165) is 13.4 Å². The van der Waals surface area contributed by atoms with Crippen LogP contribution in [0.3, 0.4) is 0 Å². The SMILES string of the molecule is Cc1ccc(S(=O)(=O)N2CCC[C@@H]2C(=O)O)cc1I. The lowest BCUT2D eigenvalue weighted by Gasteiger charge is -2.21. The van der Waals surface area contributed by atoms with Crippen molar-refractivity contribution in [1.82, 2.24) is 4.31 Å². The van der Waals surface area contributed by atoms with Crippen molar-refractivity contribution in [2.75, 3.05) is 6.54 Å². The Balaban J connectivity index is 2.42. The molecule has 1 aromatic carbocycles. The highest BCUT2D eigenvalue weighted by molar-refractivity contribution is 14.1. The Hall–Kier alpha value is -0.670. The van der Waals surface area contributed by atoms with Crippen LogP contribution >= 0.6 is 22.6 Å². The fourth-order valence-electron chi connectivity index (χ4n) is 2.14. The third-order valence-corrected chi connectivity index (χ3v) is 6.30. The molecule has 1 saturated heterocycles. The minimum absolute atomic E-state index is 0.163. The van der Waals surface area contributed by atoms with Crippen molar-refractivity contribution in [3.05, 3.63) is 27.3 Å². The monoisotopic (exact) mass is 395 g/mol. The Morgan fingerprint density at radius 1 is 1.47 bits per heavy atom. The lowest BCUT2D eigenvalue weighted by atomic mass is 10.2. The van der Waals surface area contributed by atoms with Gasteiger partial charge in [-0.3, -0.25) is 4.79 Å². The highest BCUT2D eigenvalue weighted by Gasteiger charge is 2.39. The van der Waals surface area contributed by atoms with Crippen molar-refractivity contribution < 1.29 is 18.3 Å². The van der Waals surface area contributed by atoms with E-state index in [9.17, 15) is 13.2 Å². The summed E-state index contributed by atoms with van der Waals surface area (Å²) in [6.45, 7) is 2.16. The van der Waals surface area contributed by atoms with Crippen molar-refractivity contribution in [2.45, 2.75) is 30.7 Å². The summed E-state index contributed by atoms with van der Waals surface area (Å²) in [4.78, 5) is 11.3. The molecule has 0 spiro atoms. The number of nitrogens with zero attached hydrogens (tertiary/aromatic N) is 1. The number of sulfonamides is 1. The molecule has 1 fully saturated rings. The first-order valence-corrected chi connectivity index (χ1v) is 8.36. The van der Waals surface area contributed by atoms with E-state index in [1.807, 2.05) is 6.92 Å². The summed E-state index contributed by atoms with van der Waals surface area (Å²) in [5, 5.41) is 9.09. The lowest BCUT2D eigenvalue weighted by Crippen LogP contribution is -2.40. The molecule has 0 aliphatic carbocycles. The zero-order valence-corrected chi connectivity index (χ0v) is 13.3. The molecule has 2 rings (SSSR count). The van der Waals surface area contributed by atoms with Crippen LogP contribution < -0.4 is 0 Å². The molecule has 0 radical (unpaired) electrons. The van der Waals surface area contributed by atoms with Crippen LogP contribution in [0.5, 0.6) is 0 Å². The van der Waals surface area contributed by atoms with E-state index in [-0.39, 0.29) is 11.4 Å². The molecule has 1 aliphatic rings. The van der Waals surface area contributed by atoms with Gasteiger partial charge in [0.15, 0.2) is 0 Å². The maximum atomic E-state index is 12.5. The van der Waals surface area contributed by atoms with E-state index in [2.05, 4.69) is 22.6 Å². The summed E-state index contributed by atoms with van der Waals surface area (Å²) in [6, 6.07) is 3.91. The van der Waals surface area contributed by atoms with Gasteiger partial charge in [-0.2, -0.15) is 4.31 Å². The fourth-order valence-corrected chi connectivity index (χ4v) is 4.55. The fraction of sp³-hybridized carbons (Fsp3) is 0.417. The van der Waals surface area contributed by atoms with Gasteiger partial charge in [-0.25, -0.2) is 8.42 Å². The minimum Gasteiger partial charge on any atom is -0.480 e. The van der Waals surface area contributed by atoms with Crippen LogP contribution in [-0.4, -0.2) is 36.4 Å². The van der Waals surface area contributed by atoms with Crippen molar-refractivity contribution in [1.29, 1.82) is 0 Å². The zero-order valence-electron chi connectivity index (χ0n) is 10.3. The van der Waals surface area contributed by atoms with Gasteiger partial charge < -0.3 is 5.11 Å². The number of halogens is 1. The summed E-state index contributed by atoms with van der Waals surface area (Å²) < 4.78 is 26.9. The predicted octanol–water partition coefficient (Wildman–Crippen LogP) is 1.84. The first kappa shape index (κ1) is 14.7. The van der Waals surface area contributed by atoms with Crippen LogP contribution in [0.25, 0.3) is 0 Å². The molecule has 0 saturated carbocycles. The van der Waals surface area contributed by atoms with Crippen molar-refractivity contribution >= 4 is 38.6 Å². The van der Waals surface area contributed by atoms with Crippen LogP contribution in [0.2, 0.25) is 0 Å². The van der Waals surface area contributed by atoms with Gasteiger partial charge in [0, 0.05) is 10.1 Å². The summed E-state index contributed by atoms with van der Waals surface area (Å²) >= 11 is 2.07. The Labute approximate surface area is 125 Å². The average Bonchev–Trinajstić information content (AvgIpc) is 2.82. The molecule has 0 aromatic heterocycles. The number of aliphatic carboxylic acids is 1. The van der Waals surface area contributed by atoms with Crippen LogP contribution in [0.15, 0.2) is 23.1 Å². The quantitative estimate of drug-likeness (QED) is 0.793. The molecule has 0 amide bonds. The largest absolute Gasteiger partial charge is 0.480 e. The van der Waals surface area contributed by atoms with Gasteiger partial charge in [0.2, 0.25) is 10.0 Å². The van der Waals surface area contributed by atoms with Gasteiger partial charge in [0.05, 0.1) is 4.90 Å². The summed E-state index contributed by atoms with van der Waals surface area (Å²) in [5.41, 5.74) is 0.996. The number of aryl methyl sites for hydroxylation is 1. The van der Waals surface area contributed by atoms with Crippen LogP contribution in [0.1, 0.15) is 18.4 Å². The number of benzene rings is 1. The van der Waals surface area contributed by atoms with Gasteiger partial charge in [-0.05, 0) is 60.1 Å². The molecule has 1 heterocycles. The smallest absolute Gasteiger partial charge is 0.322 e. The summed E-state index contributed by atoms with van der Waals surface area (Å²) in [7, 11) is -3.72. The van der Waals surface area contributed by atoms with E-state index in [1.54, 1.807) is 12.1 Å². The average molecular weight is 395 g/mol. The lowest BCUT2D eigenvalue weighted by molar-refractivity contribution is -0.140. The topological polar surface area (TPSA) is 74.7 Å². The van der Waals surface area contributed by atoms with Gasteiger partial charge >= 0.3 is 5.97 Å². The van der Waals surface area contributed by atoms with E-state index >= 15 is 0 Å². The molecule has 7 heteroatoms. The highest BCUT2D eigenvalue weighted by atomic mass is 127. The molecule has 5 nitrogen and oxygen atoms in total. The normalized spacial score (nSPS) is 20.6. The molecular formula is C12H14INO4S. The molecule has 19 heavy (non-hydrogen) atoms. The number of hydrogen-bond acceptors (Lipinski definition) is 3. The minimum atomic E-state index is -3.72. The van der Waals surface area contributed by atoms with E-state index in [0.29, 0.717) is 12.8 Å². The van der Waals surface area contributed by atoms with Crippen LogP contribution in [-0.2, 0) is 14.8 Å². The Morgan fingerprint density at radius 3 is 2.74 bits per heavy atom. The first-order chi connectivity index (χ1) is 8.84. The van der Waals surface area contributed by atoms with E-state index < -0.39 is 22.0 Å². The van der Waals surface area contributed by atoms with Crippen molar-refractivity contribution in [3.63, 3.8) is 0 Å². The molecule has 1 aromatic rings. The molecular weight excluding hydrogens is 381 g/mol. The maximum Gasteiger partial charge on any atom is 0.322 e. The van der Waals surface area contributed by atoms with Gasteiger partial charge in [-0.15, -0.1) is 0 Å². The highest BCUT2D eigenvalue weighted by Crippen LogP contribution is 2.27. The van der Waals surface area contributed by atoms with Gasteiger partial charge in [0.25, 0.3) is 0 Å². The number of carboxylic acids is 1. The number of hydrogen-bond donors (Lipinski definition) is 1. The second-order valence-electron chi connectivity index (χ2n) is 4.52. The molecule has 104 valence electrons. The molecule has 0 unspecified atom stereocenters. The van der Waals surface area contributed by atoms with Crippen LogP contribution in [0, 0.1) is 10.5 Å². The number of rotatable bonds is 3. The third-order valence-electron chi connectivity index (χ3n) is 3.24. The van der Waals surface area contributed by atoms with E-state index in [4.69, 9.17) is 5.11 Å². The maximum absolute atomic E-state index is 12.5. The molecule has 1 aliphatic heterocycles. The van der Waals surface area contributed by atoms with Crippen molar-refractivity contribution in [3.8, 4) is 0 Å². The third kappa shape index (κ3) is 2.77. The summed E-state index contributed by atoms with van der Waals surface area (Å²) in [6.07, 6.45) is 0.955. The van der Waals surface area contributed by atoms with Crippen molar-refractivity contribution in [2.24, 2.45) is 0 Å². The first-order valence-electron chi connectivity index (χ1n) is 5.85. The Kier molecular flexibility index (Phi) is 4.17. The Morgan fingerprint density at radius 2 is 2.16 bits per heavy atom. The van der Waals surface area contributed by atoms with Gasteiger partial charge in [0.1, 0.15) is 6.04 Å². The molecule has 0 bridgehead atoms. The summed E-state index contributed by atoms with van der Waals surface area (Å²) in [5.74, 6) is -1.08. The number of carboxylic acid groups (broad SMARTS) is 1. The standard InChI is InChI=1S/C12H14INO4S/c1-8-4-5-9(7-10(8)13)19(17,18)14-6-2-3-11(14)12(15)16/h4-5,7,11H,2-3,6H2,1H3,(H,15,16)/t11-/m1/s1. The number of carbonyl (C=O) groups is 1. The van der Waals surface area contributed by atoms with Crippen LogP contribution in [0.4, 0.5) is 0 Å². The Bertz CT molecular complexity index is 614. The second-order valence-corrected chi connectivity index (χ2v) is 7.58. The predicted molar refractivity (Wildman–Crippen MR) is 78.4 cm³/mol. The van der Waals surface area contributed by atoms with Gasteiger partial charge in [-0.1, -0.05) is 6.07 Å². The second kappa shape index (κ2) is 5.37. The zero-order chi connectivity index (χ0) is 14.2. The molecule has 1 atom stereocenters. The molecule has 1 N–H and O–H groups in total.